The Bertz CT molecular complexity index is 504. The molecule has 3 atom stereocenters. The number of nitrogens with two attached hydrogens (primary N) is 1. The highest BCUT2D eigenvalue weighted by Gasteiger charge is 2.33. The molecule has 1 saturated heterocycles. The highest BCUT2D eigenvalue weighted by Crippen LogP contribution is 2.21. The fourth-order valence-electron chi connectivity index (χ4n) is 2.23. The predicted octanol–water partition coefficient (Wildman–Crippen LogP) is 0.893. The minimum atomic E-state index is -0.987. The van der Waals surface area contributed by atoms with E-state index in [0.29, 0.717) is 12.2 Å². The first-order valence-corrected chi connectivity index (χ1v) is 6.46. The van der Waals surface area contributed by atoms with Crippen molar-refractivity contribution in [3.05, 3.63) is 35.6 Å². The van der Waals surface area contributed by atoms with Crippen LogP contribution < -0.4 is 11.1 Å². The topological polar surface area (TPSA) is 81.4 Å². The standard InChI is InChI=1S/C14H17FN2O3/c1-8-6-7-20-12(8)14(19)17-11(13(16)18)9-2-4-10(15)5-3-9/h2-5,8,11-12H,6-7H2,1H3,(H2,16,18)(H,17,19). The molecule has 0 radical (unpaired) electrons. The summed E-state index contributed by atoms with van der Waals surface area (Å²) in [5.41, 5.74) is 5.74. The van der Waals surface area contributed by atoms with Crippen LogP contribution in [0.3, 0.4) is 0 Å². The molecule has 0 saturated carbocycles. The highest BCUT2D eigenvalue weighted by molar-refractivity contribution is 5.89. The zero-order valence-corrected chi connectivity index (χ0v) is 11.1. The number of carbonyl (C=O) groups is 2. The monoisotopic (exact) mass is 280 g/mol. The van der Waals surface area contributed by atoms with Crippen LogP contribution in [0.15, 0.2) is 24.3 Å². The lowest BCUT2D eigenvalue weighted by Gasteiger charge is -2.20. The molecule has 0 aliphatic carbocycles. The Morgan fingerprint density at radius 3 is 2.55 bits per heavy atom. The molecular formula is C14H17FN2O3. The molecule has 2 amide bonds. The lowest BCUT2D eigenvalue weighted by molar-refractivity contribution is -0.135. The first-order valence-electron chi connectivity index (χ1n) is 6.46. The van der Waals surface area contributed by atoms with Gasteiger partial charge in [-0.2, -0.15) is 0 Å². The maximum Gasteiger partial charge on any atom is 0.250 e. The lowest BCUT2D eigenvalue weighted by atomic mass is 10.0. The third-order valence-corrected chi connectivity index (χ3v) is 3.42. The number of halogens is 1. The van der Waals surface area contributed by atoms with Crippen LogP contribution >= 0.6 is 0 Å². The van der Waals surface area contributed by atoms with Gasteiger partial charge in [-0.15, -0.1) is 0 Å². The second kappa shape index (κ2) is 6.00. The largest absolute Gasteiger partial charge is 0.368 e. The summed E-state index contributed by atoms with van der Waals surface area (Å²) in [6.45, 7) is 2.44. The number of hydrogen-bond donors (Lipinski definition) is 2. The smallest absolute Gasteiger partial charge is 0.250 e. The summed E-state index contributed by atoms with van der Waals surface area (Å²) in [6, 6.07) is 4.28. The molecule has 0 spiro atoms. The van der Waals surface area contributed by atoms with Gasteiger partial charge >= 0.3 is 0 Å². The molecule has 2 rings (SSSR count). The Morgan fingerprint density at radius 2 is 2.05 bits per heavy atom. The minimum absolute atomic E-state index is 0.0942. The first-order chi connectivity index (χ1) is 9.49. The zero-order chi connectivity index (χ0) is 14.7. The normalized spacial score (nSPS) is 23.3. The number of benzene rings is 1. The Balaban J connectivity index is 2.11. The van der Waals surface area contributed by atoms with Crippen molar-refractivity contribution in [3.8, 4) is 0 Å². The van der Waals surface area contributed by atoms with Crippen LogP contribution in [-0.4, -0.2) is 24.5 Å². The van der Waals surface area contributed by atoms with E-state index in [4.69, 9.17) is 10.5 Å². The Hall–Kier alpha value is -1.95. The molecule has 3 unspecified atom stereocenters. The molecule has 108 valence electrons. The van der Waals surface area contributed by atoms with E-state index >= 15 is 0 Å². The summed E-state index contributed by atoms with van der Waals surface area (Å²) in [5, 5.41) is 2.56. The van der Waals surface area contributed by atoms with E-state index in [1.54, 1.807) is 0 Å². The van der Waals surface area contributed by atoms with E-state index in [0.717, 1.165) is 6.42 Å². The van der Waals surface area contributed by atoms with Gasteiger partial charge in [0.05, 0.1) is 0 Å². The minimum Gasteiger partial charge on any atom is -0.368 e. The second-order valence-corrected chi connectivity index (χ2v) is 4.95. The van der Waals surface area contributed by atoms with Crippen molar-refractivity contribution in [3.63, 3.8) is 0 Å². The third-order valence-electron chi connectivity index (χ3n) is 3.42. The van der Waals surface area contributed by atoms with Crippen LogP contribution in [0, 0.1) is 11.7 Å². The number of primary amides is 1. The van der Waals surface area contributed by atoms with E-state index < -0.39 is 23.9 Å². The lowest BCUT2D eigenvalue weighted by Crippen LogP contribution is -2.43. The van der Waals surface area contributed by atoms with E-state index in [1.165, 1.54) is 24.3 Å². The summed E-state index contributed by atoms with van der Waals surface area (Å²) in [4.78, 5) is 23.6. The Labute approximate surface area is 116 Å². The van der Waals surface area contributed by atoms with Gasteiger partial charge in [-0.05, 0) is 30.0 Å². The number of rotatable bonds is 4. The van der Waals surface area contributed by atoms with Crippen molar-refractivity contribution < 1.29 is 18.7 Å². The van der Waals surface area contributed by atoms with Crippen LogP contribution in [0.1, 0.15) is 24.9 Å². The van der Waals surface area contributed by atoms with Crippen LogP contribution in [0.4, 0.5) is 4.39 Å². The molecule has 0 bridgehead atoms. The van der Waals surface area contributed by atoms with E-state index in [2.05, 4.69) is 5.32 Å². The van der Waals surface area contributed by atoms with Crippen molar-refractivity contribution >= 4 is 11.8 Å². The summed E-state index contributed by atoms with van der Waals surface area (Å²) < 4.78 is 18.2. The quantitative estimate of drug-likeness (QED) is 0.859. The molecule has 3 N–H and O–H groups in total. The average molecular weight is 280 g/mol. The second-order valence-electron chi connectivity index (χ2n) is 4.95. The number of amides is 2. The van der Waals surface area contributed by atoms with Gasteiger partial charge in [0.25, 0.3) is 0 Å². The predicted molar refractivity (Wildman–Crippen MR) is 70.0 cm³/mol. The maximum atomic E-state index is 12.9. The molecule has 1 fully saturated rings. The van der Waals surface area contributed by atoms with Crippen molar-refractivity contribution in [2.45, 2.75) is 25.5 Å². The van der Waals surface area contributed by atoms with Crippen molar-refractivity contribution in [1.29, 1.82) is 0 Å². The van der Waals surface area contributed by atoms with Gasteiger partial charge in [0.1, 0.15) is 18.0 Å². The molecule has 6 heteroatoms. The molecule has 0 aromatic heterocycles. The summed E-state index contributed by atoms with van der Waals surface area (Å²) in [5.74, 6) is -1.40. The molecule has 1 aliphatic rings. The fraction of sp³-hybridized carbons (Fsp3) is 0.429. The number of nitrogens with one attached hydrogen (secondary N) is 1. The summed E-state index contributed by atoms with van der Waals surface area (Å²) >= 11 is 0. The van der Waals surface area contributed by atoms with Gasteiger partial charge < -0.3 is 15.8 Å². The van der Waals surface area contributed by atoms with E-state index in [-0.39, 0.29) is 11.8 Å². The van der Waals surface area contributed by atoms with Crippen LogP contribution in [-0.2, 0) is 14.3 Å². The zero-order valence-electron chi connectivity index (χ0n) is 11.1. The van der Waals surface area contributed by atoms with E-state index in [1.807, 2.05) is 6.92 Å². The fourth-order valence-corrected chi connectivity index (χ4v) is 2.23. The maximum absolute atomic E-state index is 12.9. The van der Waals surface area contributed by atoms with Crippen LogP contribution in [0.5, 0.6) is 0 Å². The third kappa shape index (κ3) is 3.14. The Kier molecular flexibility index (Phi) is 4.34. The van der Waals surface area contributed by atoms with Crippen molar-refractivity contribution in [2.75, 3.05) is 6.61 Å². The van der Waals surface area contributed by atoms with Gasteiger partial charge in [0.15, 0.2) is 0 Å². The van der Waals surface area contributed by atoms with Gasteiger partial charge in [0, 0.05) is 6.61 Å². The van der Waals surface area contributed by atoms with Crippen molar-refractivity contribution in [1.82, 2.24) is 5.32 Å². The highest BCUT2D eigenvalue weighted by atomic mass is 19.1. The molecule has 20 heavy (non-hydrogen) atoms. The van der Waals surface area contributed by atoms with Gasteiger partial charge in [-0.3, -0.25) is 9.59 Å². The summed E-state index contributed by atoms with van der Waals surface area (Å²) in [7, 11) is 0. The number of ether oxygens (including phenoxy) is 1. The summed E-state index contributed by atoms with van der Waals surface area (Å²) in [6.07, 6.45) is 0.230. The molecule has 5 nitrogen and oxygen atoms in total. The van der Waals surface area contributed by atoms with Gasteiger partial charge in [-0.25, -0.2) is 4.39 Å². The van der Waals surface area contributed by atoms with Crippen LogP contribution in [0.2, 0.25) is 0 Å². The molecular weight excluding hydrogens is 263 g/mol. The Morgan fingerprint density at radius 1 is 1.40 bits per heavy atom. The molecule has 1 aromatic carbocycles. The molecule has 1 aromatic rings. The SMILES string of the molecule is CC1CCOC1C(=O)NC(C(N)=O)c1ccc(F)cc1. The molecule has 1 heterocycles. The van der Waals surface area contributed by atoms with Gasteiger partial charge in [-0.1, -0.05) is 19.1 Å². The number of hydrogen-bond acceptors (Lipinski definition) is 3. The van der Waals surface area contributed by atoms with Crippen molar-refractivity contribution in [2.24, 2.45) is 11.7 Å². The first kappa shape index (κ1) is 14.5. The van der Waals surface area contributed by atoms with Crippen LogP contribution in [0.25, 0.3) is 0 Å². The average Bonchev–Trinajstić information content (AvgIpc) is 2.83. The molecule has 1 aliphatic heterocycles. The van der Waals surface area contributed by atoms with Gasteiger partial charge in [0.2, 0.25) is 11.8 Å². The number of carbonyl (C=O) groups excluding carboxylic acids is 2. The van der Waals surface area contributed by atoms with E-state index in [9.17, 15) is 14.0 Å².